The minimum atomic E-state index is 0.432. The van der Waals surface area contributed by atoms with Gasteiger partial charge in [0.2, 0.25) is 0 Å². The second kappa shape index (κ2) is 5.97. The van der Waals surface area contributed by atoms with E-state index in [0.29, 0.717) is 18.3 Å². The zero-order chi connectivity index (χ0) is 12.8. The normalized spacial score (nSPS) is 10.1. The Hall–Kier alpha value is -2.14. The van der Waals surface area contributed by atoms with Gasteiger partial charge >= 0.3 is 0 Å². The SMILES string of the molecule is CNCOc1cnc(-c2cccc(OC)c2)nc1. The first-order chi connectivity index (χ1) is 8.83. The van der Waals surface area contributed by atoms with E-state index in [4.69, 9.17) is 9.47 Å². The summed E-state index contributed by atoms with van der Waals surface area (Å²) in [6, 6.07) is 7.62. The zero-order valence-electron chi connectivity index (χ0n) is 10.4. The first-order valence-corrected chi connectivity index (χ1v) is 5.57. The lowest BCUT2D eigenvalue weighted by atomic mass is 10.2. The van der Waals surface area contributed by atoms with Crippen molar-refractivity contribution in [3.8, 4) is 22.9 Å². The summed E-state index contributed by atoms with van der Waals surface area (Å²) in [7, 11) is 3.44. The van der Waals surface area contributed by atoms with Crippen LogP contribution in [0.5, 0.6) is 11.5 Å². The van der Waals surface area contributed by atoms with E-state index in [0.717, 1.165) is 11.3 Å². The second-order valence-corrected chi connectivity index (χ2v) is 3.62. The van der Waals surface area contributed by atoms with Gasteiger partial charge in [0.15, 0.2) is 11.6 Å². The van der Waals surface area contributed by atoms with Crippen molar-refractivity contribution in [2.45, 2.75) is 0 Å². The lowest BCUT2D eigenvalue weighted by molar-refractivity contribution is 0.294. The predicted molar refractivity (Wildman–Crippen MR) is 68.6 cm³/mol. The molecule has 94 valence electrons. The molecule has 18 heavy (non-hydrogen) atoms. The first-order valence-electron chi connectivity index (χ1n) is 5.57. The van der Waals surface area contributed by atoms with Crippen molar-refractivity contribution < 1.29 is 9.47 Å². The van der Waals surface area contributed by atoms with Crippen LogP contribution in [0.15, 0.2) is 36.7 Å². The highest BCUT2D eigenvalue weighted by molar-refractivity contribution is 5.57. The van der Waals surface area contributed by atoms with E-state index < -0.39 is 0 Å². The third kappa shape index (κ3) is 2.95. The summed E-state index contributed by atoms with van der Waals surface area (Å²) in [5.41, 5.74) is 0.912. The van der Waals surface area contributed by atoms with Crippen LogP contribution in [0.1, 0.15) is 0 Å². The number of nitrogens with zero attached hydrogens (tertiary/aromatic N) is 2. The number of benzene rings is 1. The molecule has 1 aromatic carbocycles. The second-order valence-electron chi connectivity index (χ2n) is 3.62. The minimum absolute atomic E-state index is 0.432. The Morgan fingerprint density at radius 2 is 1.94 bits per heavy atom. The van der Waals surface area contributed by atoms with Crippen molar-refractivity contribution in [2.24, 2.45) is 0 Å². The van der Waals surface area contributed by atoms with Gasteiger partial charge in [-0.25, -0.2) is 9.97 Å². The van der Waals surface area contributed by atoms with Gasteiger partial charge < -0.3 is 9.47 Å². The van der Waals surface area contributed by atoms with Gasteiger partial charge in [-0.3, -0.25) is 5.32 Å². The van der Waals surface area contributed by atoms with Gasteiger partial charge in [0.1, 0.15) is 12.5 Å². The molecule has 0 bridgehead atoms. The number of hydrogen-bond donors (Lipinski definition) is 1. The molecule has 0 radical (unpaired) electrons. The quantitative estimate of drug-likeness (QED) is 0.813. The molecule has 0 unspecified atom stereocenters. The van der Waals surface area contributed by atoms with E-state index in [-0.39, 0.29) is 0 Å². The number of hydrogen-bond acceptors (Lipinski definition) is 5. The van der Waals surface area contributed by atoms with Crippen molar-refractivity contribution >= 4 is 0 Å². The van der Waals surface area contributed by atoms with Gasteiger partial charge in [-0.15, -0.1) is 0 Å². The Bertz CT molecular complexity index is 500. The molecule has 0 saturated carbocycles. The van der Waals surface area contributed by atoms with Crippen molar-refractivity contribution in [3.05, 3.63) is 36.7 Å². The summed E-state index contributed by atoms with van der Waals surface area (Å²) < 4.78 is 10.5. The summed E-state index contributed by atoms with van der Waals surface area (Å²) in [6.07, 6.45) is 3.30. The standard InChI is InChI=1S/C13H15N3O2/c1-14-9-18-12-7-15-13(16-8-12)10-4-3-5-11(6-10)17-2/h3-8,14H,9H2,1-2H3. The van der Waals surface area contributed by atoms with E-state index in [1.807, 2.05) is 31.3 Å². The largest absolute Gasteiger partial charge is 0.497 e. The highest BCUT2D eigenvalue weighted by Crippen LogP contribution is 2.21. The molecule has 5 nitrogen and oxygen atoms in total. The predicted octanol–water partition coefficient (Wildman–Crippen LogP) is 1.71. The molecule has 5 heteroatoms. The van der Waals surface area contributed by atoms with Crippen LogP contribution in [0.4, 0.5) is 0 Å². The number of nitrogens with one attached hydrogen (secondary N) is 1. The molecule has 0 amide bonds. The van der Waals surface area contributed by atoms with E-state index >= 15 is 0 Å². The molecular formula is C13H15N3O2. The zero-order valence-corrected chi connectivity index (χ0v) is 10.4. The Morgan fingerprint density at radius 3 is 2.61 bits per heavy atom. The monoisotopic (exact) mass is 245 g/mol. The van der Waals surface area contributed by atoms with Crippen molar-refractivity contribution in [2.75, 3.05) is 20.9 Å². The molecule has 1 heterocycles. The topological polar surface area (TPSA) is 56.3 Å². The molecule has 0 atom stereocenters. The van der Waals surface area contributed by atoms with Gasteiger partial charge in [0, 0.05) is 5.56 Å². The van der Waals surface area contributed by atoms with Gasteiger partial charge in [0.05, 0.1) is 19.5 Å². The van der Waals surface area contributed by atoms with Crippen LogP contribution in [0.25, 0.3) is 11.4 Å². The maximum atomic E-state index is 5.33. The average Bonchev–Trinajstić information content (AvgIpc) is 2.46. The van der Waals surface area contributed by atoms with Crippen LogP contribution in [-0.2, 0) is 0 Å². The van der Waals surface area contributed by atoms with Gasteiger partial charge in [0.25, 0.3) is 0 Å². The Balaban J connectivity index is 2.17. The lowest BCUT2D eigenvalue weighted by Crippen LogP contribution is -2.14. The smallest absolute Gasteiger partial charge is 0.159 e. The fourth-order valence-electron chi connectivity index (χ4n) is 1.46. The van der Waals surface area contributed by atoms with Crippen molar-refractivity contribution in [3.63, 3.8) is 0 Å². The van der Waals surface area contributed by atoms with Gasteiger partial charge in [-0.1, -0.05) is 12.1 Å². The number of methoxy groups -OCH3 is 1. The molecule has 0 aliphatic heterocycles. The molecule has 0 saturated heterocycles. The number of rotatable bonds is 5. The van der Waals surface area contributed by atoms with Crippen molar-refractivity contribution in [1.29, 1.82) is 0 Å². The highest BCUT2D eigenvalue weighted by atomic mass is 16.5. The molecular weight excluding hydrogens is 230 g/mol. The lowest BCUT2D eigenvalue weighted by Gasteiger charge is -2.06. The third-order valence-corrected chi connectivity index (χ3v) is 2.34. The van der Waals surface area contributed by atoms with Gasteiger partial charge in [-0.2, -0.15) is 0 Å². The molecule has 1 N–H and O–H groups in total. The van der Waals surface area contributed by atoms with Crippen LogP contribution in [0.3, 0.4) is 0 Å². The third-order valence-electron chi connectivity index (χ3n) is 2.34. The molecule has 0 spiro atoms. The summed E-state index contributed by atoms with van der Waals surface area (Å²) in [4.78, 5) is 8.52. The fourth-order valence-corrected chi connectivity index (χ4v) is 1.46. The van der Waals surface area contributed by atoms with Crippen LogP contribution in [-0.4, -0.2) is 30.9 Å². The Morgan fingerprint density at radius 1 is 1.17 bits per heavy atom. The van der Waals surface area contributed by atoms with Gasteiger partial charge in [-0.05, 0) is 19.2 Å². The maximum Gasteiger partial charge on any atom is 0.159 e. The number of ether oxygens (including phenoxy) is 2. The summed E-state index contributed by atoms with van der Waals surface area (Å²) in [5.74, 6) is 2.06. The summed E-state index contributed by atoms with van der Waals surface area (Å²) in [5, 5.41) is 2.88. The highest BCUT2D eigenvalue weighted by Gasteiger charge is 2.03. The van der Waals surface area contributed by atoms with E-state index in [1.54, 1.807) is 19.5 Å². The number of aromatic nitrogens is 2. The fraction of sp³-hybridized carbons (Fsp3) is 0.231. The molecule has 0 fully saturated rings. The summed E-state index contributed by atoms with van der Waals surface area (Å²) >= 11 is 0. The van der Waals surface area contributed by atoms with E-state index in [9.17, 15) is 0 Å². The molecule has 1 aromatic heterocycles. The molecule has 0 aliphatic carbocycles. The van der Waals surface area contributed by atoms with Crippen LogP contribution >= 0.6 is 0 Å². The molecule has 2 rings (SSSR count). The molecule has 0 aliphatic rings. The maximum absolute atomic E-state index is 5.33. The van der Waals surface area contributed by atoms with Crippen LogP contribution < -0.4 is 14.8 Å². The van der Waals surface area contributed by atoms with E-state index in [2.05, 4.69) is 15.3 Å². The van der Waals surface area contributed by atoms with Crippen LogP contribution in [0, 0.1) is 0 Å². The van der Waals surface area contributed by atoms with Crippen LogP contribution in [0.2, 0.25) is 0 Å². The van der Waals surface area contributed by atoms with Crippen molar-refractivity contribution in [1.82, 2.24) is 15.3 Å². The Kier molecular flexibility index (Phi) is 4.09. The average molecular weight is 245 g/mol. The summed E-state index contributed by atoms with van der Waals surface area (Å²) in [6.45, 7) is 0.432. The van der Waals surface area contributed by atoms with E-state index in [1.165, 1.54) is 0 Å². The Labute approximate surface area is 106 Å². The first kappa shape index (κ1) is 12.3. The molecule has 2 aromatic rings. The minimum Gasteiger partial charge on any atom is -0.497 e.